The predicted octanol–water partition coefficient (Wildman–Crippen LogP) is 2.70. The van der Waals surface area contributed by atoms with Crippen LogP contribution in [0.1, 0.15) is 43.7 Å². The van der Waals surface area contributed by atoms with E-state index in [9.17, 15) is 10.2 Å². The first-order valence-electron chi connectivity index (χ1n) is 6.77. The molecule has 0 aliphatic carbocycles. The number of phenolic OH excluding ortho intramolecular Hbond substituents is 1. The number of aromatic hydroxyl groups is 1. The molecule has 0 amide bonds. The normalized spacial score (nSPS) is 13.4. The van der Waals surface area contributed by atoms with Gasteiger partial charge in [0.25, 0.3) is 0 Å². The van der Waals surface area contributed by atoms with Crippen molar-refractivity contribution < 1.29 is 10.2 Å². The maximum atomic E-state index is 10.5. The van der Waals surface area contributed by atoms with Crippen LogP contribution in [0.25, 0.3) is 0 Å². The quantitative estimate of drug-likeness (QED) is 0.904. The van der Waals surface area contributed by atoms with Gasteiger partial charge in [0.15, 0.2) is 0 Å². The fourth-order valence-corrected chi connectivity index (χ4v) is 2.30. The number of rotatable bonds is 3. The molecule has 1 aromatic heterocycles. The molecule has 0 bridgehead atoms. The summed E-state index contributed by atoms with van der Waals surface area (Å²) in [6.45, 7) is 6.27. The number of benzene rings is 1. The molecule has 0 aliphatic rings. The summed E-state index contributed by atoms with van der Waals surface area (Å²) in [5.74, 6) is 0.236. The lowest BCUT2D eigenvalue weighted by atomic mass is 9.87. The molecule has 2 N–H and O–H groups in total. The zero-order valence-electron chi connectivity index (χ0n) is 12.5. The van der Waals surface area contributed by atoms with Crippen LogP contribution in [-0.2, 0) is 18.9 Å². The van der Waals surface area contributed by atoms with Gasteiger partial charge in [0.1, 0.15) is 5.75 Å². The van der Waals surface area contributed by atoms with E-state index < -0.39 is 6.10 Å². The van der Waals surface area contributed by atoms with Crippen molar-refractivity contribution in [1.29, 1.82) is 0 Å². The minimum absolute atomic E-state index is 0.105. The summed E-state index contributed by atoms with van der Waals surface area (Å²) in [5.41, 5.74) is 2.67. The molecule has 2 rings (SSSR count). The Balaban J connectivity index is 2.25. The number of nitrogens with zero attached hydrogens (tertiary/aromatic N) is 2. The minimum atomic E-state index is -0.595. The Morgan fingerprint density at radius 2 is 1.80 bits per heavy atom. The Bertz CT molecular complexity index is 580. The largest absolute Gasteiger partial charge is 0.508 e. The van der Waals surface area contributed by atoms with Crippen LogP contribution in [0.2, 0.25) is 0 Å². The first-order valence-corrected chi connectivity index (χ1v) is 6.77. The fraction of sp³-hybridized carbons (Fsp3) is 0.438. The van der Waals surface area contributed by atoms with Gasteiger partial charge < -0.3 is 10.2 Å². The maximum absolute atomic E-state index is 10.5. The highest BCUT2D eigenvalue weighted by molar-refractivity contribution is 5.30. The molecule has 0 fully saturated rings. The van der Waals surface area contributed by atoms with Crippen molar-refractivity contribution in [2.75, 3.05) is 0 Å². The van der Waals surface area contributed by atoms with E-state index in [1.54, 1.807) is 16.8 Å². The second kappa shape index (κ2) is 5.29. The van der Waals surface area contributed by atoms with Gasteiger partial charge in [-0.05, 0) is 17.7 Å². The van der Waals surface area contributed by atoms with E-state index in [1.807, 2.05) is 25.4 Å². The van der Waals surface area contributed by atoms with Crippen LogP contribution in [-0.4, -0.2) is 20.0 Å². The zero-order valence-corrected chi connectivity index (χ0v) is 12.5. The lowest BCUT2D eigenvalue weighted by Crippen LogP contribution is -2.17. The van der Waals surface area contributed by atoms with E-state index in [4.69, 9.17) is 0 Å². The van der Waals surface area contributed by atoms with E-state index in [2.05, 4.69) is 25.9 Å². The van der Waals surface area contributed by atoms with Crippen LogP contribution in [0.4, 0.5) is 0 Å². The molecule has 4 heteroatoms. The molecule has 1 unspecified atom stereocenters. The average molecular weight is 274 g/mol. The Kier molecular flexibility index (Phi) is 3.86. The molecule has 1 aromatic carbocycles. The number of aryl methyl sites for hydroxylation is 1. The summed E-state index contributed by atoms with van der Waals surface area (Å²) in [6, 6.07) is 6.92. The molecule has 1 atom stereocenters. The molecule has 0 radical (unpaired) electrons. The summed E-state index contributed by atoms with van der Waals surface area (Å²) in [7, 11) is 1.87. The molecule has 0 spiro atoms. The van der Waals surface area contributed by atoms with Gasteiger partial charge in [0, 0.05) is 30.6 Å². The summed E-state index contributed by atoms with van der Waals surface area (Å²) in [4.78, 5) is 0. The second-order valence-electron chi connectivity index (χ2n) is 6.24. The molecule has 1 heterocycles. The Morgan fingerprint density at radius 1 is 1.20 bits per heavy atom. The van der Waals surface area contributed by atoms with Gasteiger partial charge in [-0.3, -0.25) is 4.68 Å². The van der Waals surface area contributed by atoms with Crippen molar-refractivity contribution in [3.8, 4) is 5.75 Å². The van der Waals surface area contributed by atoms with E-state index >= 15 is 0 Å². The van der Waals surface area contributed by atoms with Crippen molar-refractivity contribution in [3.05, 3.63) is 47.3 Å². The van der Waals surface area contributed by atoms with Crippen molar-refractivity contribution >= 4 is 0 Å². The number of phenols is 1. The third-order valence-corrected chi connectivity index (χ3v) is 3.29. The highest BCUT2D eigenvalue weighted by Gasteiger charge is 2.25. The second-order valence-corrected chi connectivity index (χ2v) is 6.24. The van der Waals surface area contributed by atoms with Crippen LogP contribution < -0.4 is 0 Å². The Hall–Kier alpha value is -1.81. The van der Waals surface area contributed by atoms with E-state index in [0.717, 1.165) is 16.8 Å². The van der Waals surface area contributed by atoms with Gasteiger partial charge in [-0.25, -0.2) is 0 Å². The van der Waals surface area contributed by atoms with Crippen molar-refractivity contribution in [3.63, 3.8) is 0 Å². The van der Waals surface area contributed by atoms with Gasteiger partial charge in [-0.1, -0.05) is 32.9 Å². The SMILES string of the molecule is Cn1cc(C(O)Cc2ccc(O)cc2)c(C(C)(C)C)n1. The van der Waals surface area contributed by atoms with Crippen LogP contribution in [0.3, 0.4) is 0 Å². The predicted molar refractivity (Wildman–Crippen MR) is 78.7 cm³/mol. The topological polar surface area (TPSA) is 58.3 Å². The minimum Gasteiger partial charge on any atom is -0.508 e. The molecule has 2 aromatic rings. The number of hydrogen-bond donors (Lipinski definition) is 2. The lowest BCUT2D eigenvalue weighted by molar-refractivity contribution is 0.176. The maximum Gasteiger partial charge on any atom is 0.115 e. The van der Waals surface area contributed by atoms with E-state index in [-0.39, 0.29) is 11.2 Å². The van der Waals surface area contributed by atoms with Crippen LogP contribution >= 0.6 is 0 Å². The number of aliphatic hydroxyl groups is 1. The van der Waals surface area contributed by atoms with Gasteiger partial charge in [0.2, 0.25) is 0 Å². The monoisotopic (exact) mass is 274 g/mol. The summed E-state index contributed by atoms with van der Waals surface area (Å²) >= 11 is 0. The van der Waals surface area contributed by atoms with Crippen molar-refractivity contribution in [2.45, 2.75) is 38.7 Å². The van der Waals surface area contributed by atoms with Crippen LogP contribution in [0, 0.1) is 0 Å². The van der Waals surface area contributed by atoms with Gasteiger partial charge in [0.05, 0.1) is 11.8 Å². The van der Waals surface area contributed by atoms with E-state index in [1.165, 1.54) is 0 Å². The van der Waals surface area contributed by atoms with Crippen LogP contribution in [0.5, 0.6) is 5.75 Å². The van der Waals surface area contributed by atoms with E-state index in [0.29, 0.717) is 6.42 Å². The molecule has 4 nitrogen and oxygen atoms in total. The van der Waals surface area contributed by atoms with Crippen LogP contribution in [0.15, 0.2) is 30.5 Å². The summed E-state index contributed by atoms with van der Waals surface area (Å²) < 4.78 is 1.75. The molecular weight excluding hydrogens is 252 g/mol. The number of aromatic nitrogens is 2. The Labute approximate surface area is 119 Å². The first-order chi connectivity index (χ1) is 9.27. The highest BCUT2D eigenvalue weighted by atomic mass is 16.3. The Morgan fingerprint density at radius 3 is 2.35 bits per heavy atom. The van der Waals surface area contributed by atoms with Gasteiger partial charge in [-0.15, -0.1) is 0 Å². The fourth-order valence-electron chi connectivity index (χ4n) is 2.30. The molecule has 0 saturated carbocycles. The summed E-state index contributed by atoms with van der Waals surface area (Å²) in [6.07, 6.45) is 1.79. The standard InChI is InChI=1S/C16H22N2O2/c1-16(2,3)15-13(10-18(4)17-15)14(20)9-11-5-7-12(19)8-6-11/h5-8,10,14,19-20H,9H2,1-4H3. The third-order valence-electron chi connectivity index (χ3n) is 3.29. The summed E-state index contributed by atoms with van der Waals surface area (Å²) in [5, 5.41) is 24.2. The van der Waals surface area contributed by atoms with Gasteiger partial charge in [-0.2, -0.15) is 5.10 Å². The number of hydrogen-bond acceptors (Lipinski definition) is 3. The third kappa shape index (κ3) is 3.20. The average Bonchev–Trinajstić information content (AvgIpc) is 2.74. The lowest BCUT2D eigenvalue weighted by Gasteiger charge is -2.20. The molecule has 108 valence electrons. The first kappa shape index (κ1) is 14.6. The molecule has 20 heavy (non-hydrogen) atoms. The molecule has 0 saturated heterocycles. The van der Waals surface area contributed by atoms with Crippen molar-refractivity contribution in [2.24, 2.45) is 7.05 Å². The zero-order chi connectivity index (χ0) is 14.9. The number of aliphatic hydroxyl groups excluding tert-OH is 1. The van der Waals surface area contributed by atoms with Gasteiger partial charge >= 0.3 is 0 Å². The smallest absolute Gasteiger partial charge is 0.115 e. The molecule has 0 aliphatic heterocycles. The van der Waals surface area contributed by atoms with Crippen molar-refractivity contribution in [1.82, 2.24) is 9.78 Å². The molecular formula is C16H22N2O2. The highest BCUT2D eigenvalue weighted by Crippen LogP contribution is 2.30.